The summed E-state index contributed by atoms with van der Waals surface area (Å²) in [7, 11) is 2.13. The van der Waals surface area contributed by atoms with Gasteiger partial charge in [0.25, 0.3) is 0 Å². The molecule has 0 saturated heterocycles. The number of aromatic nitrogens is 2. The summed E-state index contributed by atoms with van der Waals surface area (Å²) in [6.45, 7) is 6.01. The van der Waals surface area contributed by atoms with Crippen molar-refractivity contribution in [3.05, 3.63) is 53.9 Å². The van der Waals surface area contributed by atoms with Crippen molar-refractivity contribution >= 4 is 5.95 Å². The van der Waals surface area contributed by atoms with Gasteiger partial charge in [-0.05, 0) is 32.0 Å². The lowest BCUT2D eigenvalue weighted by molar-refractivity contribution is 0.316. The molecule has 0 fully saturated rings. The summed E-state index contributed by atoms with van der Waals surface area (Å²) in [5.74, 6) is 0.691. The van der Waals surface area contributed by atoms with Crippen LogP contribution in [-0.4, -0.2) is 34.5 Å². The van der Waals surface area contributed by atoms with Crippen LogP contribution in [0.15, 0.2) is 42.7 Å². The van der Waals surface area contributed by atoms with Crippen LogP contribution in [0.1, 0.15) is 18.1 Å². The van der Waals surface area contributed by atoms with Crippen molar-refractivity contribution in [1.82, 2.24) is 14.9 Å². The maximum absolute atomic E-state index is 4.27. The van der Waals surface area contributed by atoms with Crippen LogP contribution in [0.3, 0.4) is 0 Å². The fraction of sp³-hybridized carbons (Fsp3) is 0.375. The van der Waals surface area contributed by atoms with Gasteiger partial charge in [-0.25, -0.2) is 9.97 Å². The van der Waals surface area contributed by atoms with Crippen molar-refractivity contribution in [2.75, 3.05) is 18.9 Å². The largest absolute Gasteiger partial charge is 0.350 e. The molecule has 1 atom stereocenters. The first kappa shape index (κ1) is 14.5. The number of nitrogens with zero attached hydrogens (tertiary/aromatic N) is 3. The van der Waals surface area contributed by atoms with Crippen LogP contribution in [0, 0.1) is 6.92 Å². The van der Waals surface area contributed by atoms with E-state index in [9.17, 15) is 0 Å². The number of likely N-dealkylation sites (N-methyl/N-ethyl adjacent to an activating group) is 1. The third-order valence-corrected chi connectivity index (χ3v) is 3.04. The van der Waals surface area contributed by atoms with E-state index in [1.807, 2.05) is 25.4 Å². The van der Waals surface area contributed by atoms with Crippen molar-refractivity contribution in [3.63, 3.8) is 0 Å². The van der Waals surface area contributed by atoms with Gasteiger partial charge in [0.2, 0.25) is 5.95 Å². The third-order valence-electron chi connectivity index (χ3n) is 3.04. The standard InChI is InChI=1S/C16H22N4/c1-13-9-17-16(18-10-13)19-14(2)11-20(3)12-15-7-5-4-6-8-15/h4-10,14H,11-12H2,1-3H3,(H,17,18,19). The van der Waals surface area contributed by atoms with Crippen molar-refractivity contribution in [2.45, 2.75) is 26.4 Å². The predicted octanol–water partition coefficient (Wildman–Crippen LogP) is 2.72. The SMILES string of the molecule is Cc1cnc(NC(C)CN(C)Cc2ccccc2)nc1. The molecule has 1 aromatic carbocycles. The second-order valence-electron chi connectivity index (χ2n) is 5.31. The zero-order valence-corrected chi connectivity index (χ0v) is 12.4. The number of aryl methyl sites for hydroxylation is 1. The molecule has 1 aromatic heterocycles. The lowest BCUT2D eigenvalue weighted by Crippen LogP contribution is -2.32. The van der Waals surface area contributed by atoms with Gasteiger partial charge in [-0.15, -0.1) is 0 Å². The Kier molecular flexibility index (Phi) is 5.07. The van der Waals surface area contributed by atoms with Gasteiger partial charge < -0.3 is 10.2 Å². The molecule has 4 nitrogen and oxygen atoms in total. The summed E-state index contributed by atoms with van der Waals surface area (Å²) >= 11 is 0. The van der Waals surface area contributed by atoms with Crippen molar-refractivity contribution in [3.8, 4) is 0 Å². The highest BCUT2D eigenvalue weighted by atomic mass is 15.2. The maximum atomic E-state index is 4.27. The highest BCUT2D eigenvalue weighted by molar-refractivity contribution is 5.25. The van der Waals surface area contributed by atoms with Crippen LogP contribution in [-0.2, 0) is 6.54 Å². The van der Waals surface area contributed by atoms with Gasteiger partial charge in [-0.2, -0.15) is 0 Å². The third kappa shape index (κ3) is 4.63. The van der Waals surface area contributed by atoms with Gasteiger partial charge >= 0.3 is 0 Å². The van der Waals surface area contributed by atoms with E-state index >= 15 is 0 Å². The smallest absolute Gasteiger partial charge is 0.222 e. The number of hydrogen-bond acceptors (Lipinski definition) is 4. The average Bonchev–Trinajstić information content (AvgIpc) is 2.42. The Morgan fingerprint density at radius 1 is 1.15 bits per heavy atom. The second kappa shape index (κ2) is 7.01. The Bertz CT molecular complexity index is 510. The van der Waals surface area contributed by atoms with Gasteiger partial charge in [-0.3, -0.25) is 0 Å². The highest BCUT2D eigenvalue weighted by Gasteiger charge is 2.08. The molecule has 0 aliphatic rings. The summed E-state index contributed by atoms with van der Waals surface area (Å²) in [5, 5.41) is 3.32. The average molecular weight is 270 g/mol. The molecule has 0 aliphatic heterocycles. The van der Waals surface area contributed by atoms with E-state index in [1.54, 1.807) is 0 Å². The molecule has 2 aromatic rings. The van der Waals surface area contributed by atoms with E-state index in [4.69, 9.17) is 0 Å². The van der Waals surface area contributed by atoms with Crippen LogP contribution in [0.5, 0.6) is 0 Å². The first-order valence-electron chi connectivity index (χ1n) is 6.91. The van der Waals surface area contributed by atoms with Crippen LogP contribution < -0.4 is 5.32 Å². The molecule has 2 rings (SSSR count). The molecule has 0 aliphatic carbocycles. The Balaban J connectivity index is 1.81. The van der Waals surface area contributed by atoms with E-state index in [-0.39, 0.29) is 0 Å². The van der Waals surface area contributed by atoms with Crippen LogP contribution >= 0.6 is 0 Å². The zero-order valence-electron chi connectivity index (χ0n) is 12.4. The maximum Gasteiger partial charge on any atom is 0.222 e. The van der Waals surface area contributed by atoms with Crippen LogP contribution in [0.4, 0.5) is 5.95 Å². The normalized spacial score (nSPS) is 12.4. The zero-order chi connectivity index (χ0) is 14.4. The fourth-order valence-corrected chi connectivity index (χ4v) is 2.16. The number of anilines is 1. The van der Waals surface area contributed by atoms with Crippen LogP contribution in [0.25, 0.3) is 0 Å². The summed E-state index contributed by atoms with van der Waals surface area (Å²) in [6, 6.07) is 10.8. The van der Waals surface area contributed by atoms with Gasteiger partial charge in [0.15, 0.2) is 0 Å². The lowest BCUT2D eigenvalue weighted by atomic mass is 10.2. The number of nitrogens with one attached hydrogen (secondary N) is 1. The Hall–Kier alpha value is -1.94. The van der Waals surface area contributed by atoms with Crippen molar-refractivity contribution in [1.29, 1.82) is 0 Å². The molecule has 0 spiro atoms. The number of hydrogen-bond donors (Lipinski definition) is 1. The minimum absolute atomic E-state index is 0.298. The molecular formula is C16H22N4. The Morgan fingerprint density at radius 2 is 1.80 bits per heavy atom. The van der Waals surface area contributed by atoms with Gasteiger partial charge in [-0.1, -0.05) is 30.3 Å². The molecule has 4 heteroatoms. The van der Waals surface area contributed by atoms with Gasteiger partial charge in [0, 0.05) is 31.5 Å². The minimum Gasteiger partial charge on any atom is -0.350 e. The Labute approximate surface area is 120 Å². The van der Waals surface area contributed by atoms with E-state index in [0.29, 0.717) is 12.0 Å². The second-order valence-corrected chi connectivity index (χ2v) is 5.31. The molecule has 0 amide bonds. The van der Waals surface area contributed by atoms with E-state index < -0.39 is 0 Å². The van der Waals surface area contributed by atoms with E-state index in [2.05, 4.69) is 58.4 Å². The fourth-order valence-electron chi connectivity index (χ4n) is 2.16. The topological polar surface area (TPSA) is 41.1 Å². The minimum atomic E-state index is 0.298. The Morgan fingerprint density at radius 3 is 2.45 bits per heavy atom. The first-order chi connectivity index (χ1) is 9.63. The van der Waals surface area contributed by atoms with Crippen molar-refractivity contribution in [2.24, 2.45) is 0 Å². The summed E-state index contributed by atoms with van der Waals surface area (Å²) < 4.78 is 0. The summed E-state index contributed by atoms with van der Waals surface area (Å²) in [4.78, 5) is 10.8. The quantitative estimate of drug-likeness (QED) is 0.876. The first-order valence-corrected chi connectivity index (χ1v) is 6.91. The molecule has 20 heavy (non-hydrogen) atoms. The molecule has 1 heterocycles. The summed E-state index contributed by atoms with van der Waals surface area (Å²) in [5.41, 5.74) is 2.40. The monoisotopic (exact) mass is 270 g/mol. The number of benzene rings is 1. The highest BCUT2D eigenvalue weighted by Crippen LogP contribution is 2.05. The number of rotatable bonds is 6. The van der Waals surface area contributed by atoms with Crippen molar-refractivity contribution < 1.29 is 0 Å². The predicted molar refractivity (Wildman–Crippen MR) is 82.6 cm³/mol. The van der Waals surface area contributed by atoms with E-state index in [0.717, 1.165) is 18.7 Å². The lowest BCUT2D eigenvalue weighted by Gasteiger charge is -2.22. The van der Waals surface area contributed by atoms with Crippen LogP contribution in [0.2, 0.25) is 0 Å². The molecule has 1 unspecified atom stereocenters. The molecule has 0 bridgehead atoms. The molecule has 0 saturated carbocycles. The van der Waals surface area contributed by atoms with Gasteiger partial charge in [0.1, 0.15) is 0 Å². The molecular weight excluding hydrogens is 248 g/mol. The molecule has 106 valence electrons. The molecule has 0 radical (unpaired) electrons. The molecule has 1 N–H and O–H groups in total. The van der Waals surface area contributed by atoms with E-state index in [1.165, 1.54) is 5.56 Å². The van der Waals surface area contributed by atoms with Gasteiger partial charge in [0.05, 0.1) is 0 Å². The summed E-state index contributed by atoms with van der Waals surface area (Å²) in [6.07, 6.45) is 3.66.